The molecule has 1 saturated heterocycles. The maximum Gasteiger partial charge on any atom is 0.184 e. The van der Waals surface area contributed by atoms with Crippen molar-refractivity contribution in [3.05, 3.63) is 0 Å². The van der Waals surface area contributed by atoms with Gasteiger partial charge in [-0.25, -0.2) is 0 Å². The van der Waals surface area contributed by atoms with Crippen molar-refractivity contribution in [1.29, 1.82) is 0 Å². The van der Waals surface area contributed by atoms with Crippen molar-refractivity contribution in [2.24, 2.45) is 0 Å². The van der Waals surface area contributed by atoms with Crippen molar-refractivity contribution >= 4 is 0 Å². The van der Waals surface area contributed by atoms with Crippen molar-refractivity contribution < 1.29 is 9.47 Å². The second-order valence-electron chi connectivity index (χ2n) is 2.78. The lowest BCUT2D eigenvalue weighted by Crippen LogP contribution is -2.11. The van der Waals surface area contributed by atoms with E-state index in [2.05, 4.69) is 12.2 Å². The van der Waals surface area contributed by atoms with Gasteiger partial charge in [-0.1, -0.05) is 6.92 Å². The van der Waals surface area contributed by atoms with E-state index in [0.29, 0.717) is 6.10 Å². The first-order valence-electron chi connectivity index (χ1n) is 4.30. The smallest absolute Gasteiger partial charge is 0.184 e. The van der Waals surface area contributed by atoms with E-state index in [0.717, 1.165) is 26.0 Å². The molecule has 1 rings (SSSR count). The molecule has 3 heteroatoms. The number of nitrogens with one attached hydrogen (secondary N) is 1. The maximum atomic E-state index is 5.40. The van der Waals surface area contributed by atoms with Crippen molar-refractivity contribution in [3.63, 3.8) is 0 Å². The third-order valence-corrected chi connectivity index (χ3v) is 1.79. The van der Waals surface area contributed by atoms with Gasteiger partial charge in [0.15, 0.2) is 6.29 Å². The summed E-state index contributed by atoms with van der Waals surface area (Å²) in [6, 6.07) is 0. The number of rotatable bonds is 6. The quantitative estimate of drug-likeness (QED) is 0.458. The monoisotopic (exact) mass is 159 g/mol. The summed E-state index contributed by atoms with van der Waals surface area (Å²) in [5, 5.41) is 3.07. The molecule has 0 aromatic rings. The van der Waals surface area contributed by atoms with Crippen LogP contribution < -0.4 is 5.32 Å². The number of epoxide rings is 1. The first-order chi connectivity index (χ1) is 5.38. The average Bonchev–Trinajstić information content (AvgIpc) is 2.77. The molecule has 3 nitrogen and oxygen atoms in total. The fraction of sp³-hybridized carbons (Fsp3) is 1.00. The van der Waals surface area contributed by atoms with Crippen LogP contribution >= 0.6 is 0 Å². The summed E-state index contributed by atoms with van der Waals surface area (Å²) in [5.74, 6) is 0. The van der Waals surface area contributed by atoms with Crippen LogP contribution in [0.5, 0.6) is 0 Å². The van der Waals surface area contributed by atoms with Crippen LogP contribution in [-0.4, -0.2) is 32.6 Å². The first-order valence-corrected chi connectivity index (χ1v) is 4.30. The van der Waals surface area contributed by atoms with Gasteiger partial charge in [-0.05, 0) is 26.4 Å². The summed E-state index contributed by atoms with van der Waals surface area (Å²) in [6.07, 6.45) is 2.62. The van der Waals surface area contributed by atoms with Crippen LogP contribution in [0.2, 0.25) is 0 Å². The van der Waals surface area contributed by atoms with Crippen LogP contribution in [0.3, 0.4) is 0 Å². The highest BCUT2D eigenvalue weighted by Crippen LogP contribution is 2.25. The topological polar surface area (TPSA) is 33.8 Å². The lowest BCUT2D eigenvalue weighted by atomic mass is 10.3. The minimum Gasteiger partial charge on any atom is -0.350 e. The van der Waals surface area contributed by atoms with Gasteiger partial charge in [0, 0.05) is 0 Å². The molecule has 0 bridgehead atoms. The van der Waals surface area contributed by atoms with Gasteiger partial charge in [0.05, 0.1) is 6.61 Å². The van der Waals surface area contributed by atoms with Crippen LogP contribution in [0.25, 0.3) is 0 Å². The van der Waals surface area contributed by atoms with Gasteiger partial charge in [0.1, 0.15) is 6.10 Å². The average molecular weight is 159 g/mol. The fourth-order valence-electron chi connectivity index (χ4n) is 1.01. The Morgan fingerprint density at radius 3 is 2.91 bits per heavy atom. The summed E-state index contributed by atoms with van der Waals surface area (Å²) < 4.78 is 10.6. The van der Waals surface area contributed by atoms with Gasteiger partial charge < -0.3 is 14.8 Å². The number of hydrogen-bond acceptors (Lipinski definition) is 3. The van der Waals surface area contributed by atoms with E-state index >= 15 is 0 Å². The predicted octanol–water partition coefficient (Wildman–Crippen LogP) is 0.747. The fourth-order valence-corrected chi connectivity index (χ4v) is 1.01. The zero-order valence-electron chi connectivity index (χ0n) is 7.30. The summed E-state index contributed by atoms with van der Waals surface area (Å²) in [4.78, 5) is 0. The number of ether oxygens (including phenoxy) is 2. The minimum absolute atomic E-state index is 0.108. The minimum atomic E-state index is 0.108. The Hall–Kier alpha value is -0.120. The third kappa shape index (κ3) is 3.18. The van der Waals surface area contributed by atoms with Crippen LogP contribution in [0.1, 0.15) is 19.8 Å². The molecule has 66 valence electrons. The van der Waals surface area contributed by atoms with Crippen LogP contribution in [0.4, 0.5) is 0 Å². The Kier molecular flexibility index (Phi) is 3.83. The molecular weight excluding hydrogens is 142 g/mol. The molecule has 0 aromatic heterocycles. The zero-order chi connectivity index (χ0) is 8.10. The molecule has 11 heavy (non-hydrogen) atoms. The molecule has 0 spiro atoms. The van der Waals surface area contributed by atoms with E-state index in [9.17, 15) is 0 Å². The van der Waals surface area contributed by atoms with E-state index in [-0.39, 0.29) is 6.29 Å². The Balaban J connectivity index is 1.82. The van der Waals surface area contributed by atoms with Crippen LogP contribution in [-0.2, 0) is 9.47 Å². The Labute approximate surface area is 68.1 Å². The lowest BCUT2D eigenvalue weighted by molar-refractivity contribution is 0.0491. The van der Waals surface area contributed by atoms with Gasteiger partial charge in [-0.15, -0.1) is 0 Å². The molecular formula is C8H17NO2. The van der Waals surface area contributed by atoms with Crippen molar-refractivity contribution in [1.82, 2.24) is 5.32 Å². The summed E-state index contributed by atoms with van der Waals surface area (Å²) >= 11 is 0. The van der Waals surface area contributed by atoms with E-state index < -0.39 is 0 Å². The SMILES string of the molecule is CCC1OC1OCCCNC. The summed E-state index contributed by atoms with van der Waals surface area (Å²) in [7, 11) is 1.95. The van der Waals surface area contributed by atoms with Crippen LogP contribution in [0, 0.1) is 0 Å². The molecule has 1 aliphatic heterocycles. The first kappa shape index (κ1) is 8.97. The molecule has 0 radical (unpaired) electrons. The van der Waals surface area contributed by atoms with E-state index in [4.69, 9.17) is 9.47 Å². The second-order valence-corrected chi connectivity index (χ2v) is 2.78. The van der Waals surface area contributed by atoms with Crippen molar-refractivity contribution in [2.45, 2.75) is 32.2 Å². The highest BCUT2D eigenvalue weighted by atomic mass is 16.8. The molecule has 0 aliphatic carbocycles. The van der Waals surface area contributed by atoms with Crippen LogP contribution in [0.15, 0.2) is 0 Å². The molecule has 0 amide bonds. The largest absolute Gasteiger partial charge is 0.350 e. The van der Waals surface area contributed by atoms with Gasteiger partial charge in [-0.2, -0.15) is 0 Å². The maximum absolute atomic E-state index is 5.40. The normalized spacial score (nSPS) is 28.9. The Bertz CT molecular complexity index is 108. The van der Waals surface area contributed by atoms with Gasteiger partial charge in [-0.3, -0.25) is 0 Å². The molecule has 1 heterocycles. The molecule has 0 saturated carbocycles. The number of hydrogen-bond donors (Lipinski definition) is 1. The Morgan fingerprint density at radius 2 is 2.36 bits per heavy atom. The second kappa shape index (κ2) is 4.70. The Morgan fingerprint density at radius 1 is 1.55 bits per heavy atom. The zero-order valence-corrected chi connectivity index (χ0v) is 7.30. The predicted molar refractivity (Wildman–Crippen MR) is 43.4 cm³/mol. The van der Waals surface area contributed by atoms with Gasteiger partial charge in [0.2, 0.25) is 0 Å². The molecule has 1 N–H and O–H groups in total. The molecule has 0 aromatic carbocycles. The third-order valence-electron chi connectivity index (χ3n) is 1.79. The van der Waals surface area contributed by atoms with Crippen molar-refractivity contribution in [2.75, 3.05) is 20.2 Å². The van der Waals surface area contributed by atoms with E-state index in [1.807, 2.05) is 7.05 Å². The van der Waals surface area contributed by atoms with Crippen molar-refractivity contribution in [3.8, 4) is 0 Å². The summed E-state index contributed by atoms with van der Waals surface area (Å²) in [6.45, 7) is 3.94. The van der Waals surface area contributed by atoms with Gasteiger partial charge >= 0.3 is 0 Å². The molecule has 2 atom stereocenters. The molecule has 2 unspecified atom stereocenters. The highest BCUT2D eigenvalue weighted by molar-refractivity contribution is 4.74. The molecule has 1 aliphatic rings. The summed E-state index contributed by atoms with van der Waals surface area (Å²) in [5.41, 5.74) is 0. The standard InChI is InChI=1S/C8H17NO2/c1-3-7-8(11-7)10-6-4-5-9-2/h7-9H,3-6H2,1-2H3. The van der Waals surface area contributed by atoms with Gasteiger partial charge in [0.25, 0.3) is 0 Å². The van der Waals surface area contributed by atoms with E-state index in [1.165, 1.54) is 0 Å². The van der Waals surface area contributed by atoms with E-state index in [1.54, 1.807) is 0 Å². The lowest BCUT2D eigenvalue weighted by Gasteiger charge is -1.98. The molecule has 1 fully saturated rings. The highest BCUT2D eigenvalue weighted by Gasteiger charge is 2.37.